The van der Waals surface area contributed by atoms with Gasteiger partial charge in [0.25, 0.3) is 0 Å². The van der Waals surface area contributed by atoms with E-state index in [2.05, 4.69) is 0 Å². The molecule has 0 atom stereocenters. The number of hydrogen-bond donors (Lipinski definition) is 0. The third-order valence-corrected chi connectivity index (χ3v) is 0. The van der Waals surface area contributed by atoms with Crippen LogP contribution in [0.4, 0.5) is 0 Å². The Labute approximate surface area is 64.8 Å². The van der Waals surface area contributed by atoms with Gasteiger partial charge in [-0.25, -0.2) is 0 Å². The molecule has 0 spiro atoms. The molecule has 0 saturated carbocycles. The monoisotopic (exact) mass is 135 g/mol. The van der Waals surface area contributed by atoms with Crippen molar-refractivity contribution in [3.05, 3.63) is 0 Å². The maximum atomic E-state index is 8.52. The molecule has 4 nitrogen and oxygen atoms in total. The minimum Gasteiger partial charge on any atom is -0.759 e. The number of rotatable bonds is 0. The number of hydrogen-bond acceptors (Lipinski definition) is 4. The van der Waals surface area contributed by atoms with Crippen LogP contribution in [0.25, 0.3) is 0 Å². The van der Waals surface area contributed by atoms with Crippen LogP contribution in [0.5, 0.6) is 0 Å². The van der Waals surface area contributed by atoms with Gasteiger partial charge in [-0.05, 0) is 0 Å². The molecule has 7 heavy (non-hydrogen) atoms. The van der Waals surface area contributed by atoms with E-state index >= 15 is 0 Å². The van der Waals surface area contributed by atoms with Crippen molar-refractivity contribution in [3.8, 4) is 0 Å². The standard InChI is InChI=1S/CH4.Na.H2O4S/c;;1-5(2,3)4/h1H4;;(H2,1,2,3,4)/q;+1;/p-2. The average Bonchev–Trinajstić information content (AvgIpc) is 0.722. The maximum absolute atomic E-state index is 8.52. The molecule has 0 fully saturated rings. The molecule has 0 aliphatic carbocycles. The zero-order chi connectivity index (χ0) is 4.50. The van der Waals surface area contributed by atoms with E-state index in [9.17, 15) is 0 Å². The van der Waals surface area contributed by atoms with Gasteiger partial charge in [0.15, 0.2) is 0 Å². The predicted octanol–water partition coefficient (Wildman–Crippen LogP) is -3.70. The summed E-state index contributed by atoms with van der Waals surface area (Å²) in [5.74, 6) is 0. The van der Waals surface area contributed by atoms with Crippen LogP contribution >= 0.6 is 0 Å². The molecule has 0 radical (unpaired) electrons. The Morgan fingerprint density at radius 1 is 1.14 bits per heavy atom. The van der Waals surface area contributed by atoms with E-state index in [0.29, 0.717) is 0 Å². The third kappa shape index (κ3) is 215. The van der Waals surface area contributed by atoms with Crippen molar-refractivity contribution < 1.29 is 47.1 Å². The van der Waals surface area contributed by atoms with Crippen molar-refractivity contribution in [3.63, 3.8) is 0 Å². The van der Waals surface area contributed by atoms with Crippen LogP contribution in [0, 0.1) is 0 Å². The summed E-state index contributed by atoms with van der Waals surface area (Å²) in [4.78, 5) is 0. The van der Waals surface area contributed by atoms with E-state index < -0.39 is 10.4 Å². The molecule has 0 aromatic carbocycles. The summed E-state index contributed by atoms with van der Waals surface area (Å²) in [6.45, 7) is 0. The van der Waals surface area contributed by atoms with Crippen LogP contribution < -0.4 is 29.6 Å². The first-order valence-corrected chi connectivity index (χ1v) is 2.00. The average molecular weight is 135 g/mol. The molecule has 0 aromatic rings. The smallest absolute Gasteiger partial charge is 0.759 e. The summed E-state index contributed by atoms with van der Waals surface area (Å²) in [5.41, 5.74) is 0. The SMILES string of the molecule is C.O=S(=O)([O-])[O-].[Na+]. The molecule has 0 unspecified atom stereocenters. The second-order valence-electron chi connectivity index (χ2n) is 0.408. The zero-order valence-corrected chi connectivity index (χ0v) is 5.86. The molecule has 40 valence electrons. The molecule has 0 aromatic heterocycles. The van der Waals surface area contributed by atoms with Crippen molar-refractivity contribution in [2.45, 2.75) is 7.43 Å². The van der Waals surface area contributed by atoms with Gasteiger partial charge in [0.05, 0.1) is 0 Å². The van der Waals surface area contributed by atoms with Crippen molar-refractivity contribution >= 4 is 10.4 Å². The summed E-state index contributed by atoms with van der Waals surface area (Å²) in [7, 11) is -5.17. The molecule has 0 aliphatic heterocycles. The molecular formula is CH4NaO4S-. The van der Waals surface area contributed by atoms with Crippen molar-refractivity contribution in [2.75, 3.05) is 0 Å². The van der Waals surface area contributed by atoms with Crippen molar-refractivity contribution in [1.82, 2.24) is 0 Å². The largest absolute Gasteiger partial charge is 1.00 e. The minimum absolute atomic E-state index is 0. The molecule has 0 heterocycles. The van der Waals surface area contributed by atoms with Crippen LogP contribution in [0.2, 0.25) is 0 Å². The van der Waals surface area contributed by atoms with Crippen molar-refractivity contribution in [1.29, 1.82) is 0 Å². The van der Waals surface area contributed by atoms with Crippen LogP contribution in [0.3, 0.4) is 0 Å². The summed E-state index contributed by atoms with van der Waals surface area (Å²) in [6.07, 6.45) is 0. The molecule has 0 bridgehead atoms. The fraction of sp³-hybridized carbons (Fsp3) is 1.00. The Kier molecular flexibility index (Phi) is 11.2. The van der Waals surface area contributed by atoms with Gasteiger partial charge >= 0.3 is 29.6 Å². The Hall–Kier alpha value is 0.870. The van der Waals surface area contributed by atoms with Gasteiger partial charge in [0.1, 0.15) is 0 Å². The summed E-state index contributed by atoms with van der Waals surface area (Å²) >= 11 is 0. The predicted molar refractivity (Wildman–Crippen MR) is 17.2 cm³/mol. The first-order valence-electron chi connectivity index (χ1n) is 0.667. The molecule has 0 rings (SSSR count). The van der Waals surface area contributed by atoms with Crippen LogP contribution in [0.1, 0.15) is 7.43 Å². The molecule has 0 amide bonds. The van der Waals surface area contributed by atoms with Crippen LogP contribution in [-0.4, -0.2) is 17.5 Å². The van der Waals surface area contributed by atoms with Crippen molar-refractivity contribution in [2.24, 2.45) is 0 Å². The van der Waals surface area contributed by atoms with E-state index in [0.717, 1.165) is 0 Å². The van der Waals surface area contributed by atoms with Gasteiger partial charge in [-0.15, -0.1) is 0 Å². The Balaban J connectivity index is -0.0000000800. The Morgan fingerprint density at radius 3 is 1.14 bits per heavy atom. The fourth-order valence-corrected chi connectivity index (χ4v) is 0. The third-order valence-electron chi connectivity index (χ3n) is 0. The topological polar surface area (TPSA) is 80.3 Å². The van der Waals surface area contributed by atoms with Gasteiger partial charge in [-0.1, -0.05) is 7.43 Å². The minimum atomic E-state index is -5.17. The van der Waals surface area contributed by atoms with Crippen LogP contribution in [-0.2, 0) is 10.4 Å². The quantitative estimate of drug-likeness (QED) is 0.194. The molecule has 0 saturated heterocycles. The second kappa shape index (κ2) is 5.02. The molecule has 6 heteroatoms. The fourth-order valence-electron chi connectivity index (χ4n) is 0. The van der Waals surface area contributed by atoms with E-state index in [-0.39, 0.29) is 37.0 Å². The van der Waals surface area contributed by atoms with Gasteiger partial charge in [0, 0.05) is 10.4 Å². The van der Waals surface area contributed by atoms with Gasteiger partial charge in [-0.3, -0.25) is 8.42 Å². The van der Waals surface area contributed by atoms with Gasteiger partial charge < -0.3 is 9.11 Å². The Bertz CT molecular complexity index is 94.9. The van der Waals surface area contributed by atoms with Gasteiger partial charge in [0.2, 0.25) is 0 Å². The summed E-state index contributed by atoms with van der Waals surface area (Å²) in [5, 5.41) is 0. The molecule has 0 aliphatic rings. The van der Waals surface area contributed by atoms with E-state index in [1.54, 1.807) is 0 Å². The molecule has 0 N–H and O–H groups in total. The van der Waals surface area contributed by atoms with E-state index in [1.807, 2.05) is 0 Å². The first-order chi connectivity index (χ1) is 2.00. The van der Waals surface area contributed by atoms with Gasteiger partial charge in [-0.2, -0.15) is 0 Å². The summed E-state index contributed by atoms with van der Waals surface area (Å²) in [6, 6.07) is 0. The molecular weight excluding hydrogens is 131 g/mol. The first kappa shape index (κ1) is 15.7. The van der Waals surface area contributed by atoms with Crippen LogP contribution in [0.15, 0.2) is 0 Å². The normalized spacial score (nSPS) is 8.29. The zero-order valence-electron chi connectivity index (χ0n) is 3.04. The maximum Gasteiger partial charge on any atom is 1.00 e. The second-order valence-corrected chi connectivity index (χ2v) is 1.22. The Morgan fingerprint density at radius 2 is 1.14 bits per heavy atom. The van der Waals surface area contributed by atoms with E-state index in [4.69, 9.17) is 17.5 Å². The van der Waals surface area contributed by atoms with E-state index in [1.165, 1.54) is 0 Å². The summed E-state index contributed by atoms with van der Waals surface area (Å²) < 4.78 is 34.1.